The van der Waals surface area contributed by atoms with Gasteiger partial charge >= 0.3 is 6.09 Å². The molecule has 1 fully saturated rings. The van der Waals surface area contributed by atoms with Crippen LogP contribution >= 0.6 is 0 Å². The highest BCUT2D eigenvalue weighted by Crippen LogP contribution is 2.37. The number of hydrogen-bond donors (Lipinski definition) is 1. The summed E-state index contributed by atoms with van der Waals surface area (Å²) in [4.78, 5) is 19.8. The molecule has 1 N–H and O–H groups in total. The van der Waals surface area contributed by atoms with Gasteiger partial charge in [-0.2, -0.15) is 4.98 Å². The molecule has 9 heteroatoms. The van der Waals surface area contributed by atoms with E-state index in [1.807, 2.05) is 0 Å². The third-order valence-corrected chi connectivity index (χ3v) is 5.43. The van der Waals surface area contributed by atoms with Gasteiger partial charge in [0.05, 0.1) is 19.3 Å². The molecule has 0 bridgehead atoms. The highest BCUT2D eigenvalue weighted by Gasteiger charge is 2.32. The highest BCUT2D eigenvalue weighted by molar-refractivity contribution is 5.89. The van der Waals surface area contributed by atoms with Crippen LogP contribution in [0.1, 0.15) is 18.1 Å². The number of carbonyl (C=O) groups is 1. The quantitative estimate of drug-likeness (QED) is 0.753. The maximum Gasteiger partial charge on any atom is 0.412 e. The second-order valence-electron chi connectivity index (χ2n) is 7.70. The Hall–Kier alpha value is -2.91. The van der Waals surface area contributed by atoms with E-state index in [0.717, 1.165) is 30.8 Å². The molecule has 1 aromatic heterocycles. The summed E-state index contributed by atoms with van der Waals surface area (Å²) in [5.74, 6) is 0.328. The number of nitrogens with zero attached hydrogens (tertiary/aromatic N) is 3. The molecular formula is C22H26FN3O5. The van der Waals surface area contributed by atoms with Gasteiger partial charge in [-0.3, -0.25) is 9.80 Å². The van der Waals surface area contributed by atoms with E-state index >= 15 is 0 Å². The minimum atomic E-state index is -1.06. The number of anilines is 1. The molecule has 1 unspecified atom stereocenters. The van der Waals surface area contributed by atoms with Crippen LogP contribution in [0, 0.1) is 5.82 Å². The van der Waals surface area contributed by atoms with E-state index in [-0.39, 0.29) is 24.3 Å². The molecule has 1 amide bonds. The van der Waals surface area contributed by atoms with Crippen molar-refractivity contribution in [2.45, 2.75) is 19.4 Å². The van der Waals surface area contributed by atoms with Crippen LogP contribution in [0.3, 0.4) is 0 Å². The summed E-state index contributed by atoms with van der Waals surface area (Å²) in [5.41, 5.74) is 1.98. The molecule has 8 nitrogen and oxygen atoms in total. The van der Waals surface area contributed by atoms with Crippen molar-refractivity contribution in [2.75, 3.05) is 51.0 Å². The molecule has 4 rings (SSSR count). The van der Waals surface area contributed by atoms with Crippen LogP contribution in [0.2, 0.25) is 0 Å². The minimum absolute atomic E-state index is 0.219. The number of aromatic nitrogens is 1. The van der Waals surface area contributed by atoms with E-state index in [1.165, 1.54) is 17.0 Å². The van der Waals surface area contributed by atoms with E-state index in [0.29, 0.717) is 37.8 Å². The number of amides is 1. The van der Waals surface area contributed by atoms with Crippen molar-refractivity contribution in [2.24, 2.45) is 0 Å². The Balaban J connectivity index is 1.60. The molecule has 166 valence electrons. The molecular weight excluding hydrogens is 405 g/mol. The molecule has 1 saturated heterocycles. The predicted molar refractivity (Wildman–Crippen MR) is 112 cm³/mol. The van der Waals surface area contributed by atoms with E-state index in [4.69, 9.17) is 14.2 Å². The lowest BCUT2D eigenvalue weighted by atomic mass is 10.0. The van der Waals surface area contributed by atoms with E-state index in [2.05, 4.69) is 9.88 Å². The number of ether oxygens (including phenoxy) is 3. The summed E-state index contributed by atoms with van der Waals surface area (Å²) < 4.78 is 30.4. The fourth-order valence-corrected chi connectivity index (χ4v) is 3.76. The molecule has 0 radical (unpaired) electrons. The molecule has 1 aromatic carbocycles. The molecule has 2 aliphatic rings. The summed E-state index contributed by atoms with van der Waals surface area (Å²) in [5, 5.41) is 9.68. The van der Waals surface area contributed by atoms with Crippen LogP contribution < -0.4 is 14.4 Å². The molecule has 31 heavy (non-hydrogen) atoms. The zero-order valence-corrected chi connectivity index (χ0v) is 17.4. The van der Waals surface area contributed by atoms with Crippen molar-refractivity contribution in [1.29, 1.82) is 0 Å². The highest BCUT2D eigenvalue weighted by atomic mass is 19.1. The zero-order chi connectivity index (χ0) is 21.8. The first-order chi connectivity index (χ1) is 15.0. The van der Waals surface area contributed by atoms with Crippen molar-refractivity contribution in [3.05, 3.63) is 47.3 Å². The summed E-state index contributed by atoms with van der Waals surface area (Å²) in [6.07, 6.45) is -0.637. The lowest BCUT2D eigenvalue weighted by Gasteiger charge is -2.33. The van der Waals surface area contributed by atoms with Gasteiger partial charge in [0.1, 0.15) is 24.7 Å². The third kappa shape index (κ3) is 5.05. The first-order valence-corrected chi connectivity index (χ1v) is 10.4. The Labute approximate surface area is 180 Å². The number of benzene rings is 1. The molecule has 0 saturated carbocycles. The van der Waals surface area contributed by atoms with Gasteiger partial charge in [0.2, 0.25) is 11.8 Å². The molecule has 2 aromatic rings. The summed E-state index contributed by atoms with van der Waals surface area (Å²) in [7, 11) is 0. The summed E-state index contributed by atoms with van der Waals surface area (Å²) in [6.45, 7) is 6.31. The van der Waals surface area contributed by atoms with E-state index in [9.17, 15) is 14.3 Å². The number of morpholine rings is 1. The Bertz CT molecular complexity index is 918. The molecule has 1 atom stereocenters. The lowest BCUT2D eigenvalue weighted by Crippen LogP contribution is -2.44. The van der Waals surface area contributed by atoms with Crippen LogP contribution in [-0.4, -0.2) is 73.2 Å². The van der Waals surface area contributed by atoms with Gasteiger partial charge in [-0.1, -0.05) is 12.1 Å². The normalized spacial score (nSPS) is 18.9. The Morgan fingerprint density at radius 3 is 2.74 bits per heavy atom. The second kappa shape index (κ2) is 9.49. The molecule has 3 heterocycles. The molecule has 2 aliphatic heterocycles. The maximum atomic E-state index is 13.3. The molecule has 0 spiro atoms. The number of carboxylic acid groups (broad SMARTS) is 1. The van der Waals surface area contributed by atoms with Crippen molar-refractivity contribution in [3.8, 4) is 11.8 Å². The van der Waals surface area contributed by atoms with Gasteiger partial charge in [-0.05, 0) is 30.7 Å². The Morgan fingerprint density at radius 1 is 1.29 bits per heavy atom. The van der Waals surface area contributed by atoms with Crippen molar-refractivity contribution >= 4 is 11.8 Å². The number of rotatable bonds is 6. The zero-order valence-electron chi connectivity index (χ0n) is 17.4. The van der Waals surface area contributed by atoms with Crippen molar-refractivity contribution in [1.82, 2.24) is 9.88 Å². The van der Waals surface area contributed by atoms with Gasteiger partial charge < -0.3 is 19.3 Å². The fraction of sp³-hybridized carbons (Fsp3) is 0.455. The minimum Gasteiger partial charge on any atom is -0.476 e. The number of halogens is 1. The Morgan fingerprint density at radius 2 is 2.03 bits per heavy atom. The largest absolute Gasteiger partial charge is 0.476 e. The van der Waals surface area contributed by atoms with Crippen LogP contribution in [0.5, 0.6) is 11.8 Å². The van der Waals surface area contributed by atoms with E-state index < -0.39 is 6.09 Å². The standard InChI is InChI=1S/C22H26FN3O5/c1-15-14-31-21-19(26(15)22(27)28)13-17(12-16-2-4-18(23)5-3-16)20(24-21)30-11-8-25-6-9-29-10-7-25/h2-5,13,15H,6-12,14H2,1H3,(H,27,28). The van der Waals surface area contributed by atoms with E-state index in [1.54, 1.807) is 25.1 Å². The SMILES string of the molecule is CC1COc2nc(OCCN3CCOCC3)c(Cc3ccc(F)cc3)cc2N1C(=O)O. The van der Waals surface area contributed by atoms with Gasteiger partial charge in [-0.25, -0.2) is 9.18 Å². The maximum absolute atomic E-state index is 13.3. The number of hydrogen-bond acceptors (Lipinski definition) is 6. The summed E-state index contributed by atoms with van der Waals surface area (Å²) in [6, 6.07) is 7.60. The topological polar surface area (TPSA) is 84.4 Å². The van der Waals surface area contributed by atoms with Crippen molar-refractivity contribution in [3.63, 3.8) is 0 Å². The second-order valence-corrected chi connectivity index (χ2v) is 7.70. The monoisotopic (exact) mass is 431 g/mol. The average Bonchev–Trinajstić information content (AvgIpc) is 2.76. The van der Waals surface area contributed by atoms with Gasteiger partial charge in [-0.15, -0.1) is 0 Å². The van der Waals surface area contributed by atoms with Crippen LogP contribution in [0.15, 0.2) is 30.3 Å². The van der Waals surface area contributed by atoms with Crippen LogP contribution in [-0.2, 0) is 11.2 Å². The Kier molecular flexibility index (Phi) is 6.53. The first kappa shape index (κ1) is 21.3. The molecule has 0 aliphatic carbocycles. The lowest BCUT2D eigenvalue weighted by molar-refractivity contribution is 0.0319. The van der Waals surface area contributed by atoms with Crippen molar-refractivity contribution < 1.29 is 28.5 Å². The van der Waals surface area contributed by atoms with Gasteiger partial charge in [0.15, 0.2) is 0 Å². The summed E-state index contributed by atoms with van der Waals surface area (Å²) >= 11 is 0. The van der Waals surface area contributed by atoms with Crippen LogP contribution in [0.25, 0.3) is 0 Å². The predicted octanol–water partition coefficient (Wildman–Crippen LogP) is 2.79. The average molecular weight is 431 g/mol. The fourth-order valence-electron chi connectivity index (χ4n) is 3.76. The smallest absolute Gasteiger partial charge is 0.412 e. The van der Waals surface area contributed by atoms with Gasteiger partial charge in [0.25, 0.3) is 0 Å². The van der Waals surface area contributed by atoms with Gasteiger partial charge in [0, 0.05) is 31.6 Å². The number of fused-ring (bicyclic) bond motifs is 1. The van der Waals surface area contributed by atoms with Crippen LogP contribution in [0.4, 0.5) is 14.9 Å². The first-order valence-electron chi connectivity index (χ1n) is 10.4. The number of pyridine rings is 1. The third-order valence-electron chi connectivity index (χ3n) is 5.43.